The molecule has 1 heterocycles. The Hall–Kier alpha value is -3.74. The summed E-state index contributed by atoms with van der Waals surface area (Å²) in [6.45, 7) is 1.81. The first-order valence-electron chi connectivity index (χ1n) is 8.68. The molecule has 1 atom stereocenters. The fourth-order valence-electron chi connectivity index (χ4n) is 3.74. The molecule has 0 amide bonds. The summed E-state index contributed by atoms with van der Waals surface area (Å²) >= 11 is 0. The fraction of sp³-hybridized carbons (Fsp3) is 0.143. The molecule has 7 heteroatoms. The minimum atomic E-state index is -1.02. The molecule has 0 saturated carbocycles. The van der Waals surface area contributed by atoms with Crippen LogP contribution in [-0.2, 0) is 4.74 Å². The average Bonchev–Trinajstić information content (AvgIpc) is 2.70. The van der Waals surface area contributed by atoms with Crippen molar-refractivity contribution in [2.45, 2.75) is 12.8 Å². The van der Waals surface area contributed by atoms with Crippen molar-refractivity contribution in [2.24, 2.45) is 0 Å². The standard InChI is InChI=1S/C21H16N2O5/c1-11-7-3-4-8-12(11)15-16-18(24)13-9-5-6-10-14(13)19(25)20(16)28-21(22-2)17(15)23(26)27/h3-10,15,22H,1-2H3. The van der Waals surface area contributed by atoms with Crippen molar-refractivity contribution in [1.82, 2.24) is 5.32 Å². The van der Waals surface area contributed by atoms with Gasteiger partial charge in [0.2, 0.25) is 5.78 Å². The average molecular weight is 376 g/mol. The lowest BCUT2D eigenvalue weighted by Crippen LogP contribution is -2.35. The van der Waals surface area contributed by atoms with E-state index in [0.29, 0.717) is 5.56 Å². The number of nitrogens with one attached hydrogen (secondary N) is 1. The Morgan fingerprint density at radius 2 is 1.61 bits per heavy atom. The third-order valence-electron chi connectivity index (χ3n) is 5.03. The van der Waals surface area contributed by atoms with Crippen LogP contribution in [0.15, 0.2) is 71.4 Å². The maximum absolute atomic E-state index is 13.3. The number of aryl methyl sites for hydroxylation is 1. The van der Waals surface area contributed by atoms with Crippen LogP contribution in [0.1, 0.15) is 37.8 Å². The van der Waals surface area contributed by atoms with E-state index in [2.05, 4.69) is 5.32 Å². The number of hydrogen-bond acceptors (Lipinski definition) is 6. The van der Waals surface area contributed by atoms with Crippen LogP contribution in [0.25, 0.3) is 0 Å². The van der Waals surface area contributed by atoms with Gasteiger partial charge >= 0.3 is 5.70 Å². The zero-order valence-corrected chi connectivity index (χ0v) is 15.2. The highest BCUT2D eigenvalue weighted by molar-refractivity contribution is 6.27. The number of allylic oxidation sites excluding steroid dienone is 2. The van der Waals surface area contributed by atoms with Gasteiger partial charge in [-0.15, -0.1) is 0 Å². The molecule has 1 N–H and O–H groups in total. The Bertz CT molecular complexity index is 1110. The predicted molar refractivity (Wildman–Crippen MR) is 100 cm³/mol. The molecule has 140 valence electrons. The van der Waals surface area contributed by atoms with E-state index in [9.17, 15) is 19.7 Å². The zero-order valence-electron chi connectivity index (χ0n) is 15.2. The molecule has 0 spiro atoms. The quantitative estimate of drug-likeness (QED) is 0.653. The molecule has 4 rings (SSSR count). The molecule has 0 fully saturated rings. The molecule has 0 radical (unpaired) electrons. The first-order valence-corrected chi connectivity index (χ1v) is 8.68. The zero-order chi connectivity index (χ0) is 20.0. The van der Waals surface area contributed by atoms with Crippen LogP contribution in [-0.4, -0.2) is 23.5 Å². The molecule has 2 aromatic carbocycles. The molecule has 1 unspecified atom stereocenters. The normalized spacial score (nSPS) is 18.4. The van der Waals surface area contributed by atoms with Crippen LogP contribution < -0.4 is 5.32 Å². The van der Waals surface area contributed by atoms with Gasteiger partial charge in [0.05, 0.1) is 10.5 Å². The molecule has 2 aliphatic rings. The minimum absolute atomic E-state index is 0.00343. The summed E-state index contributed by atoms with van der Waals surface area (Å²) < 4.78 is 5.58. The molecule has 7 nitrogen and oxygen atoms in total. The Kier molecular flexibility index (Phi) is 4.07. The first kappa shape index (κ1) is 17.7. The lowest BCUT2D eigenvalue weighted by Gasteiger charge is -2.30. The van der Waals surface area contributed by atoms with Gasteiger partial charge in [0.25, 0.3) is 5.88 Å². The Morgan fingerprint density at radius 1 is 1.00 bits per heavy atom. The number of rotatable bonds is 3. The highest BCUT2D eigenvalue weighted by Gasteiger charge is 2.48. The number of ketones is 2. The van der Waals surface area contributed by atoms with Gasteiger partial charge in [-0.1, -0.05) is 48.5 Å². The number of nitrogens with zero attached hydrogens (tertiary/aromatic N) is 1. The lowest BCUT2D eigenvalue weighted by atomic mass is 9.76. The van der Waals surface area contributed by atoms with Gasteiger partial charge in [-0.3, -0.25) is 19.7 Å². The van der Waals surface area contributed by atoms with Gasteiger partial charge in [-0.2, -0.15) is 0 Å². The largest absolute Gasteiger partial charge is 0.431 e. The van der Waals surface area contributed by atoms with E-state index >= 15 is 0 Å². The number of carbonyl (C=O) groups is 2. The van der Waals surface area contributed by atoms with Crippen molar-refractivity contribution in [3.63, 3.8) is 0 Å². The number of nitro groups is 1. The second kappa shape index (κ2) is 6.45. The molecule has 28 heavy (non-hydrogen) atoms. The van der Waals surface area contributed by atoms with Crippen LogP contribution in [0.2, 0.25) is 0 Å². The van der Waals surface area contributed by atoms with Crippen molar-refractivity contribution in [2.75, 3.05) is 7.05 Å². The predicted octanol–water partition coefficient (Wildman–Crippen LogP) is 3.11. The molecule has 2 aromatic rings. The van der Waals surface area contributed by atoms with Crippen molar-refractivity contribution < 1.29 is 19.2 Å². The van der Waals surface area contributed by atoms with Gasteiger partial charge in [-0.05, 0) is 18.1 Å². The summed E-state index contributed by atoms with van der Waals surface area (Å²) in [6.07, 6.45) is 0. The highest BCUT2D eigenvalue weighted by Crippen LogP contribution is 2.45. The van der Waals surface area contributed by atoms with E-state index in [1.807, 2.05) is 19.1 Å². The second-order valence-corrected chi connectivity index (χ2v) is 6.56. The molecule has 1 aliphatic heterocycles. The Balaban J connectivity index is 2.03. The molecule has 0 saturated heterocycles. The maximum Gasteiger partial charge on any atom is 0.317 e. The minimum Gasteiger partial charge on any atom is -0.431 e. The molecule has 0 aromatic heterocycles. The van der Waals surface area contributed by atoms with Crippen molar-refractivity contribution in [3.8, 4) is 0 Å². The topological polar surface area (TPSA) is 98.5 Å². The van der Waals surface area contributed by atoms with Crippen LogP contribution >= 0.6 is 0 Å². The van der Waals surface area contributed by atoms with Gasteiger partial charge in [0, 0.05) is 18.2 Å². The van der Waals surface area contributed by atoms with Crippen molar-refractivity contribution in [3.05, 3.63) is 104 Å². The van der Waals surface area contributed by atoms with E-state index < -0.39 is 22.4 Å². The van der Waals surface area contributed by atoms with E-state index in [4.69, 9.17) is 4.74 Å². The van der Waals surface area contributed by atoms with Crippen LogP contribution in [0.3, 0.4) is 0 Å². The third kappa shape index (κ3) is 2.44. The number of Topliss-reactive ketones (excluding diaryl/α,β-unsaturated/α-hetero) is 2. The monoisotopic (exact) mass is 376 g/mol. The lowest BCUT2D eigenvalue weighted by molar-refractivity contribution is -0.433. The smallest absolute Gasteiger partial charge is 0.317 e. The Morgan fingerprint density at radius 3 is 2.21 bits per heavy atom. The van der Waals surface area contributed by atoms with Crippen molar-refractivity contribution in [1.29, 1.82) is 0 Å². The van der Waals surface area contributed by atoms with Gasteiger partial charge in [-0.25, -0.2) is 0 Å². The van der Waals surface area contributed by atoms with E-state index in [1.165, 1.54) is 7.05 Å². The molecular weight excluding hydrogens is 360 g/mol. The van der Waals surface area contributed by atoms with Crippen molar-refractivity contribution >= 4 is 11.6 Å². The number of hydrogen-bond donors (Lipinski definition) is 1. The summed E-state index contributed by atoms with van der Waals surface area (Å²) in [4.78, 5) is 37.7. The summed E-state index contributed by atoms with van der Waals surface area (Å²) in [5.74, 6) is -2.22. The van der Waals surface area contributed by atoms with Gasteiger partial charge < -0.3 is 10.1 Å². The van der Waals surface area contributed by atoms with Gasteiger partial charge in [0.1, 0.15) is 5.92 Å². The Labute approximate surface area is 160 Å². The molecule has 1 aliphatic carbocycles. The molecular formula is C21H16N2O5. The number of benzene rings is 2. The van der Waals surface area contributed by atoms with Gasteiger partial charge in [0.15, 0.2) is 11.5 Å². The number of ether oxygens (including phenoxy) is 1. The number of carbonyl (C=O) groups excluding carboxylic acids is 2. The SMILES string of the molecule is CNC1=C([N+](=O)[O-])C(c2ccccc2C)C2=C(O1)C(=O)c1ccccc1C2=O. The summed E-state index contributed by atoms with van der Waals surface area (Å²) in [5, 5.41) is 14.6. The fourth-order valence-corrected chi connectivity index (χ4v) is 3.74. The molecule has 0 bridgehead atoms. The summed E-state index contributed by atoms with van der Waals surface area (Å²) in [6, 6.07) is 13.5. The highest BCUT2D eigenvalue weighted by atomic mass is 16.6. The van der Waals surface area contributed by atoms with Crippen LogP contribution in [0.4, 0.5) is 0 Å². The maximum atomic E-state index is 13.3. The first-order chi connectivity index (χ1) is 13.5. The third-order valence-corrected chi connectivity index (χ3v) is 5.03. The van der Waals surface area contributed by atoms with E-state index in [-0.39, 0.29) is 34.0 Å². The second-order valence-electron chi connectivity index (χ2n) is 6.56. The summed E-state index contributed by atoms with van der Waals surface area (Å²) in [7, 11) is 1.47. The van der Waals surface area contributed by atoms with Crippen LogP contribution in [0, 0.1) is 17.0 Å². The van der Waals surface area contributed by atoms with E-state index in [0.717, 1.165) is 5.56 Å². The van der Waals surface area contributed by atoms with E-state index in [1.54, 1.807) is 36.4 Å². The number of fused-ring (bicyclic) bond motifs is 1. The summed E-state index contributed by atoms with van der Waals surface area (Å²) in [5.41, 5.74) is 1.52. The van der Waals surface area contributed by atoms with Crippen LogP contribution in [0.5, 0.6) is 0 Å².